The van der Waals surface area contributed by atoms with Crippen LogP contribution in [0.3, 0.4) is 0 Å². The number of carboxylic acid groups (broad SMARTS) is 2. The van der Waals surface area contributed by atoms with Crippen molar-refractivity contribution >= 4 is 40.5 Å². The van der Waals surface area contributed by atoms with Crippen molar-refractivity contribution in [1.82, 2.24) is 19.5 Å². The van der Waals surface area contributed by atoms with E-state index in [-0.39, 0.29) is 34.2 Å². The van der Waals surface area contributed by atoms with E-state index in [0.29, 0.717) is 12.0 Å². The lowest BCUT2D eigenvalue weighted by atomic mass is 9.93. The summed E-state index contributed by atoms with van der Waals surface area (Å²) in [6.07, 6.45) is -7.25. The number of rotatable bonds is 10. The predicted molar refractivity (Wildman–Crippen MR) is 128 cm³/mol. The zero-order valence-electron chi connectivity index (χ0n) is 19.9. The number of nitrogens with zero attached hydrogens (tertiary/aromatic N) is 4. The van der Waals surface area contributed by atoms with Crippen LogP contribution in [0.5, 0.6) is 0 Å². The third-order valence-electron chi connectivity index (χ3n) is 6.94. The van der Waals surface area contributed by atoms with E-state index >= 15 is 4.39 Å². The average molecular weight is 568 g/mol. The fraction of sp³-hybridized carbons (Fsp3) is 0.435. The number of benzene rings is 1. The molecule has 0 radical (unpaired) electrons. The molecule has 0 amide bonds. The number of aliphatic carboxylic acids is 2. The second-order valence-electron chi connectivity index (χ2n) is 9.43. The summed E-state index contributed by atoms with van der Waals surface area (Å²) in [4.78, 5) is 36.2. The molecule has 5 atom stereocenters. The highest BCUT2D eigenvalue weighted by Gasteiger charge is 2.80. The Balaban J connectivity index is 1.36. The molecular weight excluding hydrogens is 545 g/mol. The summed E-state index contributed by atoms with van der Waals surface area (Å²) in [5.41, 5.74) is 1.66. The highest BCUT2D eigenvalue weighted by atomic mass is 35.5. The number of carbonyl (C=O) groups is 2. The Morgan fingerprint density at radius 2 is 1.85 bits per heavy atom. The van der Waals surface area contributed by atoms with Gasteiger partial charge in [-0.3, -0.25) is 4.57 Å². The minimum Gasteiger partial charge on any atom is -0.479 e. The molecular formula is C23H23ClFN5O9. The van der Waals surface area contributed by atoms with Crippen LogP contribution in [0.25, 0.3) is 11.2 Å². The lowest BCUT2D eigenvalue weighted by Gasteiger charge is -2.29. The molecule has 208 valence electrons. The first-order chi connectivity index (χ1) is 18.4. The van der Waals surface area contributed by atoms with E-state index in [0.717, 1.165) is 10.9 Å². The first-order valence-corrected chi connectivity index (χ1v) is 12.0. The summed E-state index contributed by atoms with van der Waals surface area (Å²) in [6.45, 7) is 0. The fourth-order valence-electron chi connectivity index (χ4n) is 4.74. The van der Waals surface area contributed by atoms with Gasteiger partial charge in [-0.2, -0.15) is 9.97 Å². The van der Waals surface area contributed by atoms with E-state index in [1.807, 2.05) is 0 Å². The number of ether oxygens (including phenoxy) is 2. The van der Waals surface area contributed by atoms with Crippen molar-refractivity contribution in [3.63, 3.8) is 0 Å². The third kappa shape index (κ3) is 4.46. The van der Waals surface area contributed by atoms with Crippen LogP contribution in [0.2, 0.25) is 5.28 Å². The van der Waals surface area contributed by atoms with Crippen molar-refractivity contribution in [1.29, 1.82) is 0 Å². The number of fused-ring (bicyclic) bond motifs is 2. The summed E-state index contributed by atoms with van der Waals surface area (Å²) in [5, 5.41) is 48.6. The van der Waals surface area contributed by atoms with Gasteiger partial charge in [-0.25, -0.2) is 19.0 Å². The van der Waals surface area contributed by atoms with Crippen LogP contribution in [0.15, 0.2) is 30.6 Å². The molecule has 2 aliphatic rings. The largest absolute Gasteiger partial charge is 0.479 e. The maximum atomic E-state index is 15.6. The summed E-state index contributed by atoms with van der Waals surface area (Å²) in [5.74, 6) is -3.77. The zero-order valence-corrected chi connectivity index (χ0v) is 20.6. The van der Waals surface area contributed by atoms with Gasteiger partial charge < -0.3 is 40.7 Å². The third-order valence-corrected chi connectivity index (χ3v) is 7.11. The molecule has 16 heteroatoms. The van der Waals surface area contributed by atoms with Crippen LogP contribution >= 0.6 is 11.6 Å². The average Bonchev–Trinajstić information content (AvgIpc) is 3.12. The number of carboxylic acids is 2. The number of aromatic nitrogens is 4. The van der Waals surface area contributed by atoms with Crippen molar-refractivity contribution in [2.75, 3.05) is 5.73 Å². The van der Waals surface area contributed by atoms with Gasteiger partial charge in [0.2, 0.25) is 5.28 Å². The Bertz CT molecular complexity index is 1420. The van der Waals surface area contributed by atoms with E-state index in [1.54, 1.807) is 12.1 Å². The first-order valence-electron chi connectivity index (χ1n) is 11.6. The normalized spacial score (nSPS) is 26.2. The number of hydrogen-bond acceptors (Lipinski definition) is 11. The predicted octanol–water partition coefficient (Wildman–Crippen LogP) is -0.179. The van der Waals surface area contributed by atoms with E-state index in [9.17, 15) is 24.9 Å². The molecule has 39 heavy (non-hydrogen) atoms. The van der Waals surface area contributed by atoms with Crippen molar-refractivity contribution < 1.29 is 49.0 Å². The second kappa shape index (κ2) is 9.62. The van der Waals surface area contributed by atoms with E-state index < -0.39 is 60.5 Å². The minimum atomic E-state index is -2.87. The molecule has 1 aliphatic carbocycles. The van der Waals surface area contributed by atoms with E-state index in [4.69, 9.17) is 37.0 Å². The molecule has 14 nitrogen and oxygen atoms in total. The fourth-order valence-corrected chi connectivity index (χ4v) is 4.91. The van der Waals surface area contributed by atoms with Crippen LogP contribution in [0.4, 0.5) is 10.2 Å². The SMILES string of the molecule is Nc1nc(Cl)nc2c1ncn2[C@@H]1O[C@@H]2C(OC(Cc3ccc(CCC(O)O)cc3)(C(=O)O)C(=O)O)[C@]2(O)[C@@H]1F. The highest BCUT2D eigenvalue weighted by molar-refractivity contribution is 6.28. The van der Waals surface area contributed by atoms with Crippen LogP contribution < -0.4 is 5.73 Å². The quantitative estimate of drug-likeness (QED) is 0.106. The molecule has 1 saturated heterocycles. The monoisotopic (exact) mass is 567 g/mol. The first kappa shape index (κ1) is 27.1. The minimum absolute atomic E-state index is 0.0323. The van der Waals surface area contributed by atoms with Crippen LogP contribution in [-0.4, -0.2) is 92.9 Å². The molecule has 1 aromatic carbocycles. The van der Waals surface area contributed by atoms with Crippen molar-refractivity contribution in [2.24, 2.45) is 0 Å². The summed E-state index contributed by atoms with van der Waals surface area (Å²) in [6, 6.07) is 6.10. The van der Waals surface area contributed by atoms with Gasteiger partial charge in [0, 0.05) is 12.8 Å². The second-order valence-corrected chi connectivity index (χ2v) is 9.76. The number of aliphatic hydroxyl groups is 3. The number of imidazole rings is 1. The number of aryl methyl sites for hydroxylation is 1. The maximum absolute atomic E-state index is 15.6. The molecule has 1 unspecified atom stereocenters. The lowest BCUT2D eigenvalue weighted by Crippen LogP contribution is -2.53. The Hall–Kier alpha value is -3.47. The van der Waals surface area contributed by atoms with Gasteiger partial charge >= 0.3 is 11.9 Å². The number of aliphatic hydroxyl groups excluding tert-OH is 1. The van der Waals surface area contributed by atoms with E-state index in [1.165, 1.54) is 12.1 Å². The molecule has 3 heterocycles. The number of halogens is 2. The maximum Gasteiger partial charge on any atom is 0.348 e. The molecule has 3 aromatic rings. The Morgan fingerprint density at radius 1 is 1.21 bits per heavy atom. The zero-order chi connectivity index (χ0) is 28.3. The molecule has 1 saturated carbocycles. The van der Waals surface area contributed by atoms with Gasteiger partial charge in [0.05, 0.1) is 6.33 Å². The number of nitrogens with two attached hydrogens (primary N) is 1. The van der Waals surface area contributed by atoms with Gasteiger partial charge in [-0.05, 0) is 29.1 Å². The molecule has 5 rings (SSSR count). The van der Waals surface area contributed by atoms with Gasteiger partial charge in [0.1, 0.15) is 17.7 Å². The number of alkyl halides is 1. The smallest absolute Gasteiger partial charge is 0.348 e. The molecule has 2 fully saturated rings. The van der Waals surface area contributed by atoms with Crippen LogP contribution in [0, 0.1) is 0 Å². The van der Waals surface area contributed by atoms with Crippen LogP contribution in [-0.2, 0) is 31.9 Å². The topological polar surface area (TPSA) is 223 Å². The summed E-state index contributed by atoms with van der Waals surface area (Å²) < 4.78 is 27.8. The molecule has 0 spiro atoms. The highest BCUT2D eigenvalue weighted by Crippen LogP contribution is 2.58. The van der Waals surface area contributed by atoms with Gasteiger partial charge in [0.25, 0.3) is 5.60 Å². The molecule has 0 bridgehead atoms. The molecule has 7 N–H and O–H groups in total. The van der Waals surface area contributed by atoms with Crippen LogP contribution in [0.1, 0.15) is 23.8 Å². The van der Waals surface area contributed by atoms with Gasteiger partial charge in [-0.1, -0.05) is 24.3 Å². The van der Waals surface area contributed by atoms with Crippen molar-refractivity contribution in [3.8, 4) is 0 Å². The number of anilines is 1. The molecule has 1 aliphatic heterocycles. The number of nitrogen functional groups attached to an aromatic ring is 1. The Morgan fingerprint density at radius 3 is 2.41 bits per heavy atom. The van der Waals surface area contributed by atoms with E-state index in [2.05, 4.69) is 15.0 Å². The lowest BCUT2D eigenvalue weighted by molar-refractivity contribution is -0.194. The Kier molecular flexibility index (Phi) is 6.69. The van der Waals surface area contributed by atoms with Gasteiger partial charge in [0.15, 0.2) is 35.8 Å². The van der Waals surface area contributed by atoms with Gasteiger partial charge in [-0.15, -0.1) is 0 Å². The number of hydrogen-bond donors (Lipinski definition) is 6. The molecule has 2 aromatic heterocycles. The van der Waals surface area contributed by atoms with Crippen molar-refractivity contribution in [2.45, 2.75) is 61.4 Å². The van der Waals surface area contributed by atoms with Crippen molar-refractivity contribution in [3.05, 3.63) is 47.0 Å². The Labute approximate surface area is 223 Å². The standard InChI is InChI=1S/C23H23ClFN5O9/c24-21-28-16(26)12-17(29-21)30(8-27-12)18-13(25)23(37)14(38-18)15(23)39-22(19(33)34,20(35)36)7-10-3-1-9(2-4-10)5-6-11(31)32/h1-4,8,11,13-15,18,31-32,37H,5-7H2,(H,33,34)(H,35,36)(H2,26,28,29)/t13-,14-,15?,18-,23+/m1/s1. The summed E-state index contributed by atoms with van der Waals surface area (Å²) in [7, 11) is 0. The summed E-state index contributed by atoms with van der Waals surface area (Å²) >= 11 is 5.84.